The van der Waals surface area contributed by atoms with Crippen molar-refractivity contribution in [2.24, 2.45) is 5.41 Å². The molecule has 2 N–H and O–H groups in total. The van der Waals surface area contributed by atoms with Crippen molar-refractivity contribution in [3.05, 3.63) is 33.8 Å². The summed E-state index contributed by atoms with van der Waals surface area (Å²) < 4.78 is 0. The fourth-order valence-electron chi connectivity index (χ4n) is 1.70. The zero-order valence-corrected chi connectivity index (χ0v) is 13.0. The molecule has 0 spiro atoms. The van der Waals surface area contributed by atoms with Crippen LogP contribution in [0, 0.1) is 5.41 Å². The molecule has 1 rings (SSSR count). The quantitative estimate of drug-likeness (QED) is 0.896. The molecule has 1 aromatic carbocycles. The summed E-state index contributed by atoms with van der Waals surface area (Å²) in [5, 5.41) is 12.5. The van der Waals surface area contributed by atoms with Crippen LogP contribution in [0.2, 0.25) is 10.0 Å². The highest BCUT2D eigenvalue weighted by Gasteiger charge is 2.32. The van der Waals surface area contributed by atoms with Gasteiger partial charge in [-0.2, -0.15) is 0 Å². The number of carboxylic acids is 1. The van der Waals surface area contributed by atoms with Crippen LogP contribution < -0.4 is 5.32 Å². The van der Waals surface area contributed by atoms with Crippen molar-refractivity contribution < 1.29 is 14.7 Å². The van der Waals surface area contributed by atoms with Gasteiger partial charge in [0.15, 0.2) is 0 Å². The Labute approximate surface area is 128 Å². The van der Waals surface area contributed by atoms with E-state index in [-0.39, 0.29) is 12.3 Å². The SMILES string of the molecule is CC(C)(C)[C@@H](NC(=O)Cc1ccc(Cl)c(Cl)c1)C(=O)O. The van der Waals surface area contributed by atoms with E-state index in [1.54, 1.807) is 39.0 Å². The van der Waals surface area contributed by atoms with E-state index in [1.165, 1.54) is 0 Å². The summed E-state index contributed by atoms with van der Waals surface area (Å²) in [4.78, 5) is 23.1. The molecule has 6 heteroatoms. The summed E-state index contributed by atoms with van der Waals surface area (Å²) in [6.07, 6.45) is 0.0523. The van der Waals surface area contributed by atoms with Crippen LogP contribution in [0.3, 0.4) is 0 Å². The summed E-state index contributed by atoms with van der Waals surface area (Å²) in [7, 11) is 0. The monoisotopic (exact) mass is 317 g/mol. The molecule has 0 bridgehead atoms. The molecule has 0 saturated carbocycles. The van der Waals surface area contributed by atoms with Gasteiger partial charge in [-0.25, -0.2) is 4.79 Å². The van der Waals surface area contributed by atoms with Gasteiger partial charge in [-0.05, 0) is 23.1 Å². The summed E-state index contributed by atoms with van der Waals surface area (Å²) >= 11 is 11.7. The summed E-state index contributed by atoms with van der Waals surface area (Å²) in [6.45, 7) is 5.27. The van der Waals surface area contributed by atoms with E-state index < -0.39 is 17.4 Å². The van der Waals surface area contributed by atoms with Gasteiger partial charge in [0.25, 0.3) is 0 Å². The van der Waals surface area contributed by atoms with E-state index >= 15 is 0 Å². The van der Waals surface area contributed by atoms with E-state index in [9.17, 15) is 9.59 Å². The van der Waals surface area contributed by atoms with Gasteiger partial charge in [-0.15, -0.1) is 0 Å². The molecule has 0 fully saturated rings. The van der Waals surface area contributed by atoms with Crippen LogP contribution in [0.15, 0.2) is 18.2 Å². The Balaban J connectivity index is 2.76. The van der Waals surface area contributed by atoms with Crippen LogP contribution in [0.25, 0.3) is 0 Å². The number of nitrogens with one attached hydrogen (secondary N) is 1. The van der Waals surface area contributed by atoms with Gasteiger partial charge in [0.1, 0.15) is 6.04 Å². The van der Waals surface area contributed by atoms with Gasteiger partial charge in [0.05, 0.1) is 16.5 Å². The predicted molar refractivity (Wildman–Crippen MR) is 79.2 cm³/mol. The highest BCUT2D eigenvalue weighted by Crippen LogP contribution is 2.23. The average molecular weight is 318 g/mol. The van der Waals surface area contributed by atoms with Crippen molar-refractivity contribution in [2.45, 2.75) is 33.2 Å². The molecule has 0 aliphatic rings. The summed E-state index contributed by atoms with van der Waals surface area (Å²) in [5.74, 6) is -1.43. The van der Waals surface area contributed by atoms with Gasteiger partial charge in [-0.3, -0.25) is 4.79 Å². The second-order valence-corrected chi connectivity index (χ2v) is 6.44. The second-order valence-electron chi connectivity index (χ2n) is 5.63. The first-order chi connectivity index (χ1) is 9.11. The third-order valence-electron chi connectivity index (χ3n) is 2.77. The third-order valence-corrected chi connectivity index (χ3v) is 3.51. The maximum absolute atomic E-state index is 11.9. The minimum Gasteiger partial charge on any atom is -0.480 e. The first-order valence-corrected chi connectivity index (χ1v) is 6.83. The number of rotatable bonds is 4. The number of amides is 1. The molecule has 0 heterocycles. The Bertz CT molecular complexity index is 524. The molecule has 1 amide bonds. The molecular weight excluding hydrogens is 301 g/mol. The van der Waals surface area contributed by atoms with Crippen LogP contribution in [-0.2, 0) is 16.0 Å². The van der Waals surface area contributed by atoms with Gasteiger partial charge in [0, 0.05) is 0 Å². The van der Waals surface area contributed by atoms with E-state index in [4.69, 9.17) is 28.3 Å². The normalized spacial score (nSPS) is 12.8. The van der Waals surface area contributed by atoms with Crippen molar-refractivity contribution in [3.8, 4) is 0 Å². The largest absolute Gasteiger partial charge is 0.480 e. The fourth-order valence-corrected chi connectivity index (χ4v) is 2.02. The number of carbonyl (C=O) groups is 2. The zero-order chi connectivity index (χ0) is 15.5. The average Bonchev–Trinajstić information content (AvgIpc) is 2.29. The topological polar surface area (TPSA) is 66.4 Å². The molecule has 0 saturated heterocycles. The number of hydrogen-bond donors (Lipinski definition) is 2. The van der Waals surface area contributed by atoms with Crippen molar-refractivity contribution in [2.75, 3.05) is 0 Å². The maximum atomic E-state index is 11.9. The number of carbonyl (C=O) groups excluding carboxylic acids is 1. The zero-order valence-electron chi connectivity index (χ0n) is 11.5. The lowest BCUT2D eigenvalue weighted by molar-refractivity contribution is -0.144. The number of aliphatic carboxylic acids is 1. The molecule has 0 aliphatic heterocycles. The first kappa shape index (κ1) is 16.8. The standard InChI is InChI=1S/C14H17Cl2NO3/c1-14(2,3)12(13(19)20)17-11(18)7-8-4-5-9(15)10(16)6-8/h4-6,12H,7H2,1-3H3,(H,17,18)(H,19,20)/t12-/m0/s1. The Morgan fingerprint density at radius 1 is 1.25 bits per heavy atom. The van der Waals surface area contributed by atoms with Crippen molar-refractivity contribution >= 4 is 35.1 Å². The smallest absolute Gasteiger partial charge is 0.326 e. The van der Waals surface area contributed by atoms with Crippen molar-refractivity contribution in [1.29, 1.82) is 0 Å². The molecule has 4 nitrogen and oxygen atoms in total. The highest BCUT2D eigenvalue weighted by atomic mass is 35.5. The third kappa shape index (κ3) is 4.69. The molecule has 20 heavy (non-hydrogen) atoms. The van der Waals surface area contributed by atoms with Gasteiger partial charge in [0.2, 0.25) is 5.91 Å². The lowest BCUT2D eigenvalue weighted by atomic mass is 9.86. The molecule has 1 atom stereocenters. The van der Waals surface area contributed by atoms with E-state index in [0.29, 0.717) is 15.6 Å². The van der Waals surface area contributed by atoms with Gasteiger partial charge >= 0.3 is 5.97 Å². The minimum atomic E-state index is -1.06. The molecule has 0 unspecified atom stereocenters. The van der Waals surface area contributed by atoms with Crippen LogP contribution in [0.1, 0.15) is 26.3 Å². The van der Waals surface area contributed by atoms with E-state index in [0.717, 1.165) is 0 Å². The Morgan fingerprint density at radius 2 is 1.85 bits per heavy atom. The van der Waals surface area contributed by atoms with Crippen LogP contribution in [-0.4, -0.2) is 23.0 Å². The molecule has 0 aromatic heterocycles. The number of carboxylic acid groups (broad SMARTS) is 1. The fraction of sp³-hybridized carbons (Fsp3) is 0.429. The maximum Gasteiger partial charge on any atom is 0.326 e. The van der Waals surface area contributed by atoms with Crippen molar-refractivity contribution in [1.82, 2.24) is 5.32 Å². The Hall–Kier alpha value is -1.26. The van der Waals surface area contributed by atoms with Crippen LogP contribution in [0.5, 0.6) is 0 Å². The Kier molecular flexibility index (Phi) is 5.42. The minimum absolute atomic E-state index is 0.0523. The molecule has 1 aromatic rings. The van der Waals surface area contributed by atoms with Gasteiger partial charge in [-0.1, -0.05) is 50.0 Å². The predicted octanol–water partition coefficient (Wildman–Crippen LogP) is 3.15. The lowest BCUT2D eigenvalue weighted by Crippen LogP contribution is -2.49. The van der Waals surface area contributed by atoms with Crippen molar-refractivity contribution in [3.63, 3.8) is 0 Å². The second kappa shape index (κ2) is 6.46. The highest BCUT2D eigenvalue weighted by molar-refractivity contribution is 6.42. The summed E-state index contributed by atoms with van der Waals surface area (Å²) in [6, 6.07) is 3.93. The van der Waals surface area contributed by atoms with E-state index in [2.05, 4.69) is 5.32 Å². The Morgan fingerprint density at radius 3 is 2.30 bits per heavy atom. The first-order valence-electron chi connectivity index (χ1n) is 6.07. The molecule has 110 valence electrons. The van der Waals surface area contributed by atoms with E-state index in [1.807, 2.05) is 0 Å². The number of benzene rings is 1. The van der Waals surface area contributed by atoms with Crippen LogP contribution in [0.4, 0.5) is 0 Å². The summed E-state index contributed by atoms with van der Waals surface area (Å²) in [5.41, 5.74) is 0.106. The lowest BCUT2D eigenvalue weighted by Gasteiger charge is -2.27. The molecular formula is C14H17Cl2NO3. The number of halogens is 2. The molecule has 0 aliphatic carbocycles. The van der Waals surface area contributed by atoms with Crippen LogP contribution >= 0.6 is 23.2 Å². The van der Waals surface area contributed by atoms with Gasteiger partial charge < -0.3 is 10.4 Å². The molecule has 0 radical (unpaired) electrons. The number of hydrogen-bond acceptors (Lipinski definition) is 2.